The number of amides is 1. The predicted octanol–water partition coefficient (Wildman–Crippen LogP) is 4.76. The van der Waals surface area contributed by atoms with Gasteiger partial charge in [0.05, 0.1) is 5.52 Å². The maximum absolute atomic E-state index is 13.4. The van der Waals surface area contributed by atoms with Gasteiger partial charge in [-0.2, -0.15) is 18.2 Å². The lowest BCUT2D eigenvalue weighted by atomic mass is 9.91. The third-order valence-electron chi connectivity index (χ3n) is 5.83. The summed E-state index contributed by atoms with van der Waals surface area (Å²) < 4.78 is 58.2. The fraction of sp³-hybridized carbons (Fsp3) is 0.360. The van der Waals surface area contributed by atoms with E-state index >= 15 is 0 Å². The Morgan fingerprint density at radius 3 is 2.13 bits per heavy atom. The first kappa shape index (κ1) is 28.5. The topological polar surface area (TPSA) is 107 Å². The molecule has 38 heavy (non-hydrogen) atoms. The molecule has 0 saturated heterocycles. The molecule has 0 radical (unpaired) electrons. The van der Waals surface area contributed by atoms with Crippen molar-refractivity contribution in [3.63, 3.8) is 0 Å². The minimum Gasteiger partial charge on any atom is -0.475 e. The fourth-order valence-corrected chi connectivity index (χ4v) is 3.94. The Labute approximate surface area is 214 Å². The van der Waals surface area contributed by atoms with E-state index in [1.807, 2.05) is 43.3 Å². The molecule has 1 saturated carbocycles. The molecule has 1 heterocycles. The van der Waals surface area contributed by atoms with Gasteiger partial charge in [-0.1, -0.05) is 12.1 Å². The third kappa shape index (κ3) is 7.49. The van der Waals surface area contributed by atoms with E-state index in [1.165, 1.54) is 6.07 Å². The van der Waals surface area contributed by atoms with Crippen LogP contribution in [-0.4, -0.2) is 59.3 Å². The number of hydrogen-bond donors (Lipinski definition) is 3. The van der Waals surface area contributed by atoms with E-state index in [0.717, 1.165) is 54.5 Å². The van der Waals surface area contributed by atoms with Crippen LogP contribution in [0.25, 0.3) is 10.9 Å². The predicted molar refractivity (Wildman–Crippen MR) is 131 cm³/mol. The highest BCUT2D eigenvalue weighted by atomic mass is 19.4. The van der Waals surface area contributed by atoms with Crippen LogP contribution in [0.3, 0.4) is 0 Å². The van der Waals surface area contributed by atoms with Crippen LogP contribution in [-0.2, 0) is 4.79 Å². The first-order valence-corrected chi connectivity index (χ1v) is 11.6. The monoisotopic (exact) mass is 539 g/mol. The zero-order valence-corrected chi connectivity index (χ0v) is 20.5. The summed E-state index contributed by atoms with van der Waals surface area (Å²) in [5.74, 6) is -3.67. The number of nitrogens with one attached hydrogen (secondary N) is 2. The summed E-state index contributed by atoms with van der Waals surface area (Å²) in [7, 11) is 3.92. The molecule has 0 unspecified atom stereocenters. The normalized spacial score (nSPS) is 17.2. The van der Waals surface area contributed by atoms with Crippen molar-refractivity contribution in [1.82, 2.24) is 15.3 Å². The van der Waals surface area contributed by atoms with Crippen molar-refractivity contribution in [2.75, 3.05) is 24.3 Å². The summed E-state index contributed by atoms with van der Waals surface area (Å²) in [5.41, 5.74) is 1.01. The number of alkyl halides is 3. The highest BCUT2D eigenvalue weighted by molar-refractivity contribution is 5.94. The largest absolute Gasteiger partial charge is 0.490 e. The first-order chi connectivity index (χ1) is 17.8. The number of carbonyl (C=O) groups is 2. The summed E-state index contributed by atoms with van der Waals surface area (Å²) in [6.07, 6.45) is -1.84. The Balaban J connectivity index is 0.000000505. The SMILES string of the molecule is CN(C)c1nc(NC2CCC(NC(=O)c3ccc(F)c(F)c3)CC2)nc2ccccc12.O=C(O)C(F)(F)F. The summed E-state index contributed by atoms with van der Waals surface area (Å²) >= 11 is 0. The van der Waals surface area contributed by atoms with Gasteiger partial charge in [-0.3, -0.25) is 4.79 Å². The lowest BCUT2D eigenvalue weighted by Gasteiger charge is -2.30. The number of halogens is 5. The number of anilines is 2. The third-order valence-corrected chi connectivity index (χ3v) is 5.83. The van der Waals surface area contributed by atoms with Gasteiger partial charge in [0.25, 0.3) is 5.91 Å². The number of carboxylic acid groups (broad SMARTS) is 1. The van der Waals surface area contributed by atoms with E-state index in [-0.39, 0.29) is 23.6 Å². The summed E-state index contributed by atoms with van der Waals surface area (Å²) in [4.78, 5) is 32.5. The van der Waals surface area contributed by atoms with Gasteiger partial charge < -0.3 is 20.6 Å². The Kier molecular flexibility index (Phi) is 9.02. The van der Waals surface area contributed by atoms with Gasteiger partial charge in [-0.05, 0) is 56.0 Å². The molecule has 0 atom stereocenters. The van der Waals surface area contributed by atoms with Crippen LogP contribution in [0.5, 0.6) is 0 Å². The second kappa shape index (κ2) is 12.0. The molecular weight excluding hydrogens is 513 g/mol. The smallest absolute Gasteiger partial charge is 0.475 e. The van der Waals surface area contributed by atoms with Crippen LogP contribution in [0.4, 0.5) is 33.7 Å². The molecule has 0 spiro atoms. The lowest BCUT2D eigenvalue weighted by Crippen LogP contribution is -2.40. The quantitative estimate of drug-likeness (QED) is 0.402. The van der Waals surface area contributed by atoms with Gasteiger partial charge in [0.15, 0.2) is 11.6 Å². The Hall–Kier alpha value is -4.03. The van der Waals surface area contributed by atoms with Gasteiger partial charge in [0.2, 0.25) is 5.95 Å². The van der Waals surface area contributed by atoms with Crippen molar-refractivity contribution in [3.8, 4) is 0 Å². The van der Waals surface area contributed by atoms with Crippen molar-refractivity contribution < 1.29 is 36.6 Å². The molecule has 3 aromatic rings. The van der Waals surface area contributed by atoms with Crippen molar-refractivity contribution in [2.45, 2.75) is 43.9 Å². The van der Waals surface area contributed by atoms with E-state index < -0.39 is 23.8 Å². The second-order valence-electron chi connectivity index (χ2n) is 8.88. The molecule has 4 rings (SSSR count). The average Bonchev–Trinajstić information content (AvgIpc) is 2.86. The highest BCUT2D eigenvalue weighted by Crippen LogP contribution is 2.26. The number of hydrogen-bond acceptors (Lipinski definition) is 6. The molecule has 3 N–H and O–H groups in total. The number of carboxylic acids is 1. The summed E-state index contributed by atoms with van der Waals surface area (Å²) in [6.45, 7) is 0. The van der Waals surface area contributed by atoms with Gasteiger partial charge in [-0.15, -0.1) is 0 Å². The van der Waals surface area contributed by atoms with E-state index in [0.29, 0.717) is 5.95 Å². The molecule has 1 fully saturated rings. The summed E-state index contributed by atoms with van der Waals surface area (Å²) in [6, 6.07) is 11.3. The zero-order valence-electron chi connectivity index (χ0n) is 20.5. The van der Waals surface area contributed by atoms with Gasteiger partial charge in [0, 0.05) is 37.1 Å². The number of fused-ring (bicyclic) bond motifs is 1. The number of para-hydroxylation sites is 1. The molecule has 0 aliphatic heterocycles. The van der Waals surface area contributed by atoms with Gasteiger partial charge in [0.1, 0.15) is 5.82 Å². The van der Waals surface area contributed by atoms with Crippen LogP contribution in [0.15, 0.2) is 42.5 Å². The Morgan fingerprint density at radius 2 is 1.55 bits per heavy atom. The van der Waals surface area contributed by atoms with E-state index in [9.17, 15) is 26.7 Å². The molecule has 13 heteroatoms. The van der Waals surface area contributed by atoms with Crippen LogP contribution in [0.2, 0.25) is 0 Å². The maximum Gasteiger partial charge on any atom is 0.490 e. The minimum atomic E-state index is -5.08. The van der Waals surface area contributed by atoms with Gasteiger partial charge in [-0.25, -0.2) is 18.6 Å². The highest BCUT2D eigenvalue weighted by Gasteiger charge is 2.38. The molecular formula is C25H26F5N5O3. The molecule has 1 aliphatic rings. The number of rotatable bonds is 5. The van der Waals surface area contributed by atoms with Crippen LogP contribution < -0.4 is 15.5 Å². The molecule has 8 nitrogen and oxygen atoms in total. The van der Waals surface area contributed by atoms with Crippen molar-refractivity contribution >= 4 is 34.5 Å². The molecule has 1 aliphatic carbocycles. The Morgan fingerprint density at radius 1 is 0.947 bits per heavy atom. The maximum atomic E-state index is 13.4. The fourth-order valence-electron chi connectivity index (χ4n) is 3.94. The number of benzene rings is 2. The van der Waals surface area contributed by atoms with E-state index in [2.05, 4.69) is 20.6 Å². The molecule has 0 bridgehead atoms. The van der Waals surface area contributed by atoms with E-state index in [4.69, 9.17) is 9.90 Å². The van der Waals surface area contributed by atoms with E-state index in [1.54, 1.807) is 0 Å². The summed E-state index contributed by atoms with van der Waals surface area (Å²) in [5, 5.41) is 14.5. The molecule has 1 aromatic heterocycles. The van der Waals surface area contributed by atoms with Crippen LogP contribution in [0.1, 0.15) is 36.0 Å². The number of carbonyl (C=O) groups excluding carboxylic acids is 1. The standard InChI is InChI=1S/C23H25F2N5O.C2HF3O2/c1-30(2)21-17-5-3-4-6-20(17)28-23(29-21)27-16-10-8-15(9-11-16)26-22(31)14-7-12-18(24)19(25)13-14;3-2(4,5)1(6)7/h3-7,12-13,15-16H,8-11H2,1-2H3,(H,26,31)(H,27,28,29);(H,6,7). The number of aromatic nitrogens is 2. The van der Waals surface area contributed by atoms with Crippen molar-refractivity contribution in [1.29, 1.82) is 0 Å². The second-order valence-corrected chi connectivity index (χ2v) is 8.88. The number of nitrogens with zero attached hydrogens (tertiary/aromatic N) is 3. The van der Waals surface area contributed by atoms with Crippen molar-refractivity contribution in [3.05, 3.63) is 59.7 Å². The number of aliphatic carboxylic acids is 1. The zero-order chi connectivity index (χ0) is 28.0. The minimum absolute atomic E-state index is 0.00600. The molecule has 1 amide bonds. The first-order valence-electron chi connectivity index (χ1n) is 11.6. The molecule has 204 valence electrons. The molecule has 2 aromatic carbocycles. The average molecular weight is 540 g/mol. The lowest BCUT2D eigenvalue weighted by molar-refractivity contribution is -0.192. The Bertz CT molecular complexity index is 1290. The van der Waals surface area contributed by atoms with Crippen LogP contribution >= 0.6 is 0 Å². The van der Waals surface area contributed by atoms with Gasteiger partial charge >= 0.3 is 12.1 Å². The van der Waals surface area contributed by atoms with Crippen molar-refractivity contribution in [2.24, 2.45) is 0 Å². The van der Waals surface area contributed by atoms with Crippen LogP contribution in [0, 0.1) is 11.6 Å².